The minimum absolute atomic E-state index is 0.755. The average molecular weight is 250 g/mol. The third kappa shape index (κ3) is 3.73. The molecule has 1 aromatic rings. The van der Waals surface area contributed by atoms with Crippen molar-refractivity contribution >= 4 is 11.8 Å². The van der Waals surface area contributed by atoms with E-state index in [-0.39, 0.29) is 0 Å². The van der Waals surface area contributed by atoms with Crippen LogP contribution in [0.1, 0.15) is 18.4 Å². The van der Waals surface area contributed by atoms with Crippen LogP contribution >= 0.6 is 11.8 Å². The summed E-state index contributed by atoms with van der Waals surface area (Å²) < 4.78 is 0. The van der Waals surface area contributed by atoms with Crippen LogP contribution in [0.3, 0.4) is 0 Å². The van der Waals surface area contributed by atoms with Crippen LogP contribution in [0.2, 0.25) is 0 Å². The van der Waals surface area contributed by atoms with Gasteiger partial charge in [-0.15, -0.1) is 11.8 Å². The van der Waals surface area contributed by atoms with E-state index in [0.717, 1.165) is 19.0 Å². The molecule has 1 aromatic carbocycles. The molecule has 0 amide bonds. The summed E-state index contributed by atoms with van der Waals surface area (Å²) in [6.45, 7) is 4.35. The van der Waals surface area contributed by atoms with Crippen molar-refractivity contribution < 1.29 is 0 Å². The molecular weight excluding hydrogens is 228 g/mol. The van der Waals surface area contributed by atoms with Crippen molar-refractivity contribution in [1.82, 2.24) is 4.90 Å². The molecule has 1 saturated heterocycles. The summed E-state index contributed by atoms with van der Waals surface area (Å²) in [6, 6.07) is 8.93. The molecule has 0 unspecified atom stereocenters. The first-order chi connectivity index (χ1) is 8.31. The molecule has 2 rings (SSSR count). The average Bonchev–Trinajstić information content (AvgIpc) is 2.40. The van der Waals surface area contributed by atoms with Gasteiger partial charge < -0.3 is 5.73 Å². The Hall–Kier alpha value is -0.510. The van der Waals surface area contributed by atoms with Gasteiger partial charge in [0.2, 0.25) is 0 Å². The molecule has 2 N–H and O–H groups in total. The third-order valence-corrected chi connectivity index (χ3v) is 4.35. The fourth-order valence-corrected chi connectivity index (χ4v) is 2.78. The van der Waals surface area contributed by atoms with Gasteiger partial charge in [-0.2, -0.15) is 0 Å². The number of hydrogen-bond acceptors (Lipinski definition) is 3. The summed E-state index contributed by atoms with van der Waals surface area (Å²) >= 11 is 1.80. The van der Waals surface area contributed by atoms with Crippen LogP contribution in [0.4, 0.5) is 0 Å². The minimum Gasteiger partial charge on any atom is -0.330 e. The van der Waals surface area contributed by atoms with Crippen LogP contribution in [0.5, 0.6) is 0 Å². The Morgan fingerprint density at radius 3 is 2.41 bits per heavy atom. The summed E-state index contributed by atoms with van der Waals surface area (Å²) in [5, 5.41) is 0. The van der Waals surface area contributed by atoms with Gasteiger partial charge in [-0.25, -0.2) is 0 Å². The topological polar surface area (TPSA) is 29.3 Å². The normalized spacial score (nSPS) is 18.5. The number of nitrogens with zero attached hydrogens (tertiary/aromatic N) is 1. The second-order valence-corrected chi connectivity index (χ2v) is 5.68. The van der Waals surface area contributed by atoms with Gasteiger partial charge in [0.15, 0.2) is 0 Å². The maximum atomic E-state index is 5.71. The van der Waals surface area contributed by atoms with Gasteiger partial charge >= 0.3 is 0 Å². The molecule has 3 heteroatoms. The van der Waals surface area contributed by atoms with Gasteiger partial charge in [0.25, 0.3) is 0 Å². The quantitative estimate of drug-likeness (QED) is 0.833. The second-order valence-electron chi connectivity index (χ2n) is 4.80. The molecular formula is C14H22N2S. The lowest BCUT2D eigenvalue weighted by atomic mass is 9.97. The SMILES string of the molecule is CSc1ccc(CN2CCC(CN)CC2)cc1. The molecule has 1 aliphatic heterocycles. The van der Waals surface area contributed by atoms with E-state index in [4.69, 9.17) is 5.73 Å². The first kappa shape index (κ1) is 12.9. The maximum absolute atomic E-state index is 5.71. The molecule has 0 saturated carbocycles. The van der Waals surface area contributed by atoms with Crippen molar-refractivity contribution in [3.63, 3.8) is 0 Å². The molecule has 94 valence electrons. The minimum atomic E-state index is 0.755. The van der Waals surface area contributed by atoms with Gasteiger partial charge in [0.1, 0.15) is 0 Å². The first-order valence-corrected chi connectivity index (χ1v) is 7.59. The van der Waals surface area contributed by atoms with Crippen molar-refractivity contribution in [2.24, 2.45) is 11.7 Å². The lowest BCUT2D eigenvalue weighted by Crippen LogP contribution is -2.35. The molecule has 17 heavy (non-hydrogen) atoms. The monoisotopic (exact) mass is 250 g/mol. The Labute approximate surface area is 109 Å². The van der Waals surface area contributed by atoms with E-state index in [1.54, 1.807) is 11.8 Å². The Morgan fingerprint density at radius 1 is 1.24 bits per heavy atom. The Balaban J connectivity index is 1.84. The Kier molecular flexibility index (Phi) is 4.89. The zero-order valence-corrected chi connectivity index (χ0v) is 11.4. The smallest absolute Gasteiger partial charge is 0.0233 e. The van der Waals surface area contributed by atoms with Crippen LogP contribution in [-0.4, -0.2) is 30.8 Å². The number of benzene rings is 1. The third-order valence-electron chi connectivity index (χ3n) is 3.61. The van der Waals surface area contributed by atoms with Crippen LogP contribution in [0.15, 0.2) is 29.2 Å². The highest BCUT2D eigenvalue weighted by molar-refractivity contribution is 7.98. The molecule has 0 aliphatic carbocycles. The lowest BCUT2D eigenvalue weighted by Gasteiger charge is -2.31. The molecule has 0 atom stereocenters. The highest BCUT2D eigenvalue weighted by Gasteiger charge is 2.17. The highest BCUT2D eigenvalue weighted by atomic mass is 32.2. The van der Waals surface area contributed by atoms with E-state index in [9.17, 15) is 0 Å². The van der Waals surface area contributed by atoms with E-state index in [1.165, 1.54) is 36.4 Å². The van der Waals surface area contributed by atoms with Gasteiger partial charge in [-0.05, 0) is 62.3 Å². The fraction of sp³-hybridized carbons (Fsp3) is 0.571. The van der Waals surface area contributed by atoms with Crippen LogP contribution in [0.25, 0.3) is 0 Å². The Bertz CT molecular complexity index is 329. The number of nitrogens with two attached hydrogens (primary N) is 1. The summed E-state index contributed by atoms with van der Waals surface area (Å²) in [6.07, 6.45) is 4.64. The molecule has 0 bridgehead atoms. The zero-order chi connectivity index (χ0) is 12.1. The Morgan fingerprint density at radius 2 is 1.88 bits per heavy atom. The summed E-state index contributed by atoms with van der Waals surface area (Å²) in [5.41, 5.74) is 7.14. The van der Waals surface area contributed by atoms with Crippen molar-refractivity contribution in [3.05, 3.63) is 29.8 Å². The van der Waals surface area contributed by atoms with Crippen molar-refractivity contribution in [3.8, 4) is 0 Å². The maximum Gasteiger partial charge on any atom is 0.0233 e. The van der Waals surface area contributed by atoms with Gasteiger partial charge in [0, 0.05) is 11.4 Å². The summed E-state index contributed by atoms with van der Waals surface area (Å²) in [5.74, 6) is 0.755. The van der Waals surface area contributed by atoms with E-state index in [1.807, 2.05) is 0 Å². The van der Waals surface area contributed by atoms with E-state index in [2.05, 4.69) is 35.4 Å². The van der Waals surface area contributed by atoms with Gasteiger partial charge in [-0.1, -0.05) is 12.1 Å². The lowest BCUT2D eigenvalue weighted by molar-refractivity contribution is 0.180. The number of piperidine rings is 1. The molecule has 1 aliphatic rings. The molecule has 0 radical (unpaired) electrons. The van der Waals surface area contributed by atoms with E-state index < -0.39 is 0 Å². The van der Waals surface area contributed by atoms with Crippen molar-refractivity contribution in [2.75, 3.05) is 25.9 Å². The predicted octanol–water partition coefficient (Wildman–Crippen LogP) is 2.58. The molecule has 1 fully saturated rings. The van der Waals surface area contributed by atoms with Crippen molar-refractivity contribution in [1.29, 1.82) is 0 Å². The molecule has 0 aromatic heterocycles. The van der Waals surface area contributed by atoms with E-state index in [0.29, 0.717) is 0 Å². The highest BCUT2D eigenvalue weighted by Crippen LogP contribution is 2.19. The molecule has 0 spiro atoms. The largest absolute Gasteiger partial charge is 0.330 e. The number of rotatable bonds is 4. The number of likely N-dealkylation sites (tertiary alicyclic amines) is 1. The van der Waals surface area contributed by atoms with Crippen LogP contribution in [-0.2, 0) is 6.54 Å². The fourth-order valence-electron chi connectivity index (χ4n) is 2.37. The van der Waals surface area contributed by atoms with Crippen LogP contribution < -0.4 is 5.73 Å². The van der Waals surface area contributed by atoms with Gasteiger partial charge in [0.05, 0.1) is 0 Å². The molecule has 1 heterocycles. The second kappa shape index (κ2) is 6.43. The summed E-state index contributed by atoms with van der Waals surface area (Å²) in [4.78, 5) is 3.89. The zero-order valence-electron chi connectivity index (χ0n) is 10.6. The van der Waals surface area contributed by atoms with Gasteiger partial charge in [-0.3, -0.25) is 4.90 Å². The molecule has 2 nitrogen and oxygen atoms in total. The first-order valence-electron chi connectivity index (χ1n) is 6.37. The van der Waals surface area contributed by atoms with Crippen LogP contribution in [0, 0.1) is 5.92 Å². The predicted molar refractivity (Wildman–Crippen MR) is 75.3 cm³/mol. The van der Waals surface area contributed by atoms with Crippen molar-refractivity contribution in [2.45, 2.75) is 24.3 Å². The van der Waals surface area contributed by atoms with E-state index >= 15 is 0 Å². The number of thioether (sulfide) groups is 1. The summed E-state index contributed by atoms with van der Waals surface area (Å²) in [7, 11) is 0. The number of hydrogen-bond donors (Lipinski definition) is 1. The standard InChI is InChI=1S/C14H22N2S/c1-17-14-4-2-13(3-5-14)11-16-8-6-12(10-15)7-9-16/h2-5,12H,6-11,15H2,1H3.